The Morgan fingerprint density at radius 1 is 0.864 bits per heavy atom. The van der Waals surface area contributed by atoms with Gasteiger partial charge in [-0.3, -0.25) is 0 Å². The molecule has 2 aromatic rings. The van der Waals surface area contributed by atoms with Gasteiger partial charge in [-0.25, -0.2) is 4.39 Å². The summed E-state index contributed by atoms with van der Waals surface area (Å²) in [7, 11) is 0. The van der Waals surface area contributed by atoms with Gasteiger partial charge in [0.1, 0.15) is 11.6 Å². The summed E-state index contributed by atoms with van der Waals surface area (Å²) in [6, 6.07) is 11.7. The molecule has 2 saturated carbocycles. The molecule has 0 aromatic heterocycles. The quantitative estimate of drug-likeness (QED) is 0.166. The van der Waals surface area contributed by atoms with Gasteiger partial charge in [0.25, 0.3) is 0 Å². The highest BCUT2D eigenvalue weighted by Crippen LogP contribution is 2.46. The average molecular weight is 613 g/mol. The third kappa shape index (κ3) is 8.69. The molecule has 0 bridgehead atoms. The van der Waals surface area contributed by atoms with E-state index < -0.39 is 17.8 Å². The van der Waals surface area contributed by atoms with Gasteiger partial charge in [-0.2, -0.15) is 8.78 Å². The number of hydrogen-bond acceptors (Lipinski definition) is 3. The number of aryl methyl sites for hydroxylation is 1. The Hall–Kier alpha value is -2.31. The second-order valence-corrected chi connectivity index (χ2v) is 13.5. The molecule has 0 radical (unpaired) electrons. The third-order valence-corrected chi connectivity index (χ3v) is 10.4. The summed E-state index contributed by atoms with van der Waals surface area (Å²) in [6.45, 7) is 7.60. The summed E-state index contributed by atoms with van der Waals surface area (Å²) in [5.74, 6) is 0.510. The van der Waals surface area contributed by atoms with E-state index in [0.29, 0.717) is 47.6 Å². The van der Waals surface area contributed by atoms with Gasteiger partial charge >= 0.3 is 6.11 Å². The maximum Gasteiger partial charge on any atom is 0.400 e. The average Bonchev–Trinajstić information content (AvgIpc) is 3.05. The van der Waals surface area contributed by atoms with Gasteiger partial charge in [0.15, 0.2) is 6.29 Å². The van der Waals surface area contributed by atoms with Crippen molar-refractivity contribution in [1.29, 1.82) is 0 Å². The van der Waals surface area contributed by atoms with Crippen LogP contribution < -0.4 is 4.74 Å². The fourth-order valence-electron chi connectivity index (χ4n) is 7.65. The fourth-order valence-corrected chi connectivity index (χ4v) is 7.65. The molecule has 3 nitrogen and oxygen atoms in total. The molecule has 2 aromatic carbocycles. The largest absolute Gasteiger partial charge is 0.432 e. The summed E-state index contributed by atoms with van der Waals surface area (Å²) in [5.41, 5.74) is 2.23. The van der Waals surface area contributed by atoms with Crippen LogP contribution in [0.5, 0.6) is 5.75 Å². The highest BCUT2D eigenvalue weighted by atomic mass is 19.3. The Labute approximate surface area is 262 Å². The van der Waals surface area contributed by atoms with Crippen LogP contribution >= 0.6 is 0 Å². The lowest BCUT2D eigenvalue weighted by atomic mass is 9.69. The van der Waals surface area contributed by atoms with Crippen LogP contribution in [0.15, 0.2) is 55.1 Å². The zero-order valence-corrected chi connectivity index (χ0v) is 26.5. The molecule has 5 rings (SSSR count). The van der Waals surface area contributed by atoms with Crippen LogP contribution in [0.2, 0.25) is 0 Å². The van der Waals surface area contributed by atoms with E-state index in [0.717, 1.165) is 76.2 Å². The molecule has 1 saturated heterocycles. The Morgan fingerprint density at radius 3 is 2.11 bits per heavy atom. The minimum absolute atomic E-state index is 0.0724. The lowest BCUT2D eigenvalue weighted by Gasteiger charge is -2.41. The van der Waals surface area contributed by atoms with Gasteiger partial charge in [0.2, 0.25) is 0 Å². The van der Waals surface area contributed by atoms with Crippen molar-refractivity contribution in [2.45, 2.75) is 109 Å². The molecule has 0 amide bonds. The normalized spacial score (nSPS) is 28.0. The smallest absolute Gasteiger partial charge is 0.400 e. The van der Waals surface area contributed by atoms with Crippen molar-refractivity contribution < 1.29 is 27.4 Å². The van der Waals surface area contributed by atoms with Crippen LogP contribution in [-0.2, 0) is 15.9 Å². The number of halogens is 3. The van der Waals surface area contributed by atoms with Crippen LogP contribution in [0, 0.1) is 35.4 Å². The third-order valence-electron chi connectivity index (χ3n) is 10.4. The van der Waals surface area contributed by atoms with Crippen molar-refractivity contribution in [3.05, 3.63) is 66.5 Å². The Kier molecular flexibility index (Phi) is 11.9. The second kappa shape index (κ2) is 15.8. The van der Waals surface area contributed by atoms with Gasteiger partial charge in [-0.15, -0.1) is 6.58 Å². The molecule has 0 unspecified atom stereocenters. The van der Waals surface area contributed by atoms with Gasteiger partial charge in [0.05, 0.1) is 19.1 Å². The maximum absolute atomic E-state index is 15.3. The molecule has 0 spiro atoms. The number of hydrogen-bond donors (Lipinski definition) is 0. The van der Waals surface area contributed by atoms with E-state index in [-0.39, 0.29) is 12.0 Å². The van der Waals surface area contributed by atoms with Crippen LogP contribution in [-0.4, -0.2) is 25.6 Å². The first-order chi connectivity index (χ1) is 21.4. The fraction of sp³-hybridized carbons (Fsp3) is 0.632. The van der Waals surface area contributed by atoms with Crippen molar-refractivity contribution in [2.24, 2.45) is 29.6 Å². The summed E-state index contributed by atoms with van der Waals surface area (Å²) >= 11 is 0. The SMILES string of the molecule is C=CCCc1ccc(-c2ccc(OC(F)(F)C3CCC(C4CCC(C5OCC(CCCCC)CO5)CC4)CC3)cc2F)cc1. The van der Waals surface area contributed by atoms with Crippen molar-refractivity contribution >= 4 is 0 Å². The predicted octanol–water partition coefficient (Wildman–Crippen LogP) is 10.8. The number of benzene rings is 2. The van der Waals surface area contributed by atoms with Crippen molar-refractivity contribution in [1.82, 2.24) is 0 Å². The van der Waals surface area contributed by atoms with Gasteiger partial charge < -0.3 is 14.2 Å². The summed E-state index contributed by atoms with van der Waals surface area (Å²) < 4.78 is 63.0. The predicted molar refractivity (Wildman–Crippen MR) is 170 cm³/mol. The van der Waals surface area contributed by atoms with E-state index in [2.05, 4.69) is 13.5 Å². The summed E-state index contributed by atoms with van der Waals surface area (Å²) in [5, 5.41) is 0. The zero-order chi connectivity index (χ0) is 30.9. The van der Waals surface area contributed by atoms with Crippen molar-refractivity contribution in [3.63, 3.8) is 0 Å². The van der Waals surface area contributed by atoms with Gasteiger partial charge in [-0.1, -0.05) is 56.5 Å². The van der Waals surface area contributed by atoms with E-state index in [1.807, 2.05) is 30.3 Å². The summed E-state index contributed by atoms with van der Waals surface area (Å²) in [6.07, 6.45) is 12.1. The van der Waals surface area contributed by atoms with Crippen LogP contribution in [0.4, 0.5) is 13.2 Å². The first kappa shape index (κ1) is 33.1. The molecule has 1 heterocycles. The minimum Gasteiger partial charge on any atom is -0.432 e. The molecule has 0 N–H and O–H groups in total. The topological polar surface area (TPSA) is 27.7 Å². The number of alkyl halides is 2. The standard InChI is InChI=1S/C38H51F3O3/c1-3-5-7-9-28-25-42-37(43-26-28)32-16-14-29(15-17-32)30-18-20-33(21-19-30)38(40,41)44-34-22-23-35(36(39)24-34)31-12-10-27(11-13-31)8-6-4-2/h4,10-13,22-24,28-30,32-33,37H,2-3,5-9,14-21,25-26H2,1H3. The molecule has 6 heteroatoms. The Morgan fingerprint density at radius 2 is 1.50 bits per heavy atom. The van der Waals surface area contributed by atoms with Crippen molar-refractivity contribution in [3.8, 4) is 16.9 Å². The van der Waals surface area contributed by atoms with E-state index >= 15 is 8.78 Å². The Bertz CT molecular complexity index is 1160. The zero-order valence-electron chi connectivity index (χ0n) is 26.5. The van der Waals surface area contributed by atoms with E-state index in [1.54, 1.807) is 0 Å². The first-order valence-corrected chi connectivity index (χ1v) is 17.2. The first-order valence-electron chi connectivity index (χ1n) is 17.2. The number of unbranched alkanes of at least 4 members (excludes halogenated alkanes) is 2. The monoisotopic (exact) mass is 612 g/mol. The van der Waals surface area contributed by atoms with Crippen molar-refractivity contribution in [2.75, 3.05) is 13.2 Å². The van der Waals surface area contributed by atoms with E-state index in [9.17, 15) is 4.39 Å². The van der Waals surface area contributed by atoms with Gasteiger partial charge in [0, 0.05) is 23.5 Å². The lowest BCUT2D eigenvalue weighted by molar-refractivity contribution is -0.232. The minimum atomic E-state index is -3.33. The molecule has 44 heavy (non-hydrogen) atoms. The molecule has 1 aliphatic heterocycles. The number of allylic oxidation sites excluding steroid dienone is 1. The molecule has 2 aliphatic carbocycles. The summed E-state index contributed by atoms with van der Waals surface area (Å²) in [4.78, 5) is 0. The lowest BCUT2D eigenvalue weighted by Crippen LogP contribution is -2.40. The van der Waals surface area contributed by atoms with E-state index in [4.69, 9.17) is 14.2 Å². The maximum atomic E-state index is 15.3. The molecular formula is C38H51F3O3. The molecule has 3 fully saturated rings. The second-order valence-electron chi connectivity index (χ2n) is 13.5. The molecule has 0 atom stereocenters. The Balaban J connectivity index is 1.05. The van der Waals surface area contributed by atoms with Crippen LogP contribution in [0.3, 0.4) is 0 Å². The molecule has 242 valence electrons. The highest BCUT2D eigenvalue weighted by molar-refractivity contribution is 5.65. The molecular weight excluding hydrogens is 561 g/mol. The van der Waals surface area contributed by atoms with E-state index in [1.165, 1.54) is 37.8 Å². The van der Waals surface area contributed by atoms with Crippen LogP contribution in [0.1, 0.15) is 96.0 Å². The number of ether oxygens (including phenoxy) is 3. The number of rotatable bonds is 13. The van der Waals surface area contributed by atoms with Gasteiger partial charge in [-0.05, 0) is 106 Å². The van der Waals surface area contributed by atoms with Crippen LogP contribution in [0.25, 0.3) is 11.1 Å². The highest BCUT2D eigenvalue weighted by Gasteiger charge is 2.45. The molecule has 3 aliphatic rings.